The van der Waals surface area contributed by atoms with Gasteiger partial charge in [0.1, 0.15) is 12.9 Å². The van der Waals surface area contributed by atoms with E-state index in [0.29, 0.717) is 11.8 Å². The average Bonchev–Trinajstić information content (AvgIpc) is 2.34. The number of ether oxygens (including phenoxy) is 1. The summed E-state index contributed by atoms with van der Waals surface area (Å²) in [6.45, 7) is 0.0513. The van der Waals surface area contributed by atoms with Crippen molar-refractivity contribution in [3.05, 3.63) is 39.9 Å². The van der Waals surface area contributed by atoms with Gasteiger partial charge in [0, 0.05) is 18.6 Å². The van der Waals surface area contributed by atoms with Crippen LogP contribution in [0.1, 0.15) is 18.4 Å². The first-order valence-electron chi connectivity index (χ1n) is 4.96. The maximum absolute atomic E-state index is 11.1. The SMILES string of the molecule is O=CCCC(=O)OCc1ccc([N+](=O)[O-])cc1. The standard InChI is InChI=1S/C11H11NO5/c13-7-1-2-11(14)17-8-9-3-5-10(6-4-9)12(15)16/h3-7H,1-2,8H2. The Morgan fingerprint density at radius 1 is 1.35 bits per heavy atom. The highest BCUT2D eigenvalue weighted by molar-refractivity contribution is 5.72. The lowest BCUT2D eigenvalue weighted by atomic mass is 10.2. The zero-order valence-corrected chi connectivity index (χ0v) is 9.00. The van der Waals surface area contributed by atoms with Gasteiger partial charge in [0.15, 0.2) is 0 Å². The van der Waals surface area contributed by atoms with Gasteiger partial charge in [0.05, 0.1) is 11.3 Å². The van der Waals surface area contributed by atoms with Crippen LogP contribution in [0.4, 0.5) is 5.69 Å². The highest BCUT2D eigenvalue weighted by Crippen LogP contribution is 2.12. The summed E-state index contributed by atoms with van der Waals surface area (Å²) in [7, 11) is 0. The van der Waals surface area contributed by atoms with Gasteiger partial charge in [-0.1, -0.05) is 0 Å². The molecule has 0 heterocycles. The summed E-state index contributed by atoms with van der Waals surface area (Å²) in [6.07, 6.45) is 0.836. The second-order valence-electron chi connectivity index (χ2n) is 3.29. The van der Waals surface area contributed by atoms with Crippen LogP contribution in [0.2, 0.25) is 0 Å². The molecule has 0 aromatic heterocycles. The fourth-order valence-electron chi connectivity index (χ4n) is 1.13. The van der Waals surface area contributed by atoms with Crippen molar-refractivity contribution in [3.8, 4) is 0 Å². The van der Waals surface area contributed by atoms with Crippen LogP contribution >= 0.6 is 0 Å². The molecule has 6 nitrogen and oxygen atoms in total. The minimum absolute atomic E-state index is 0.0129. The molecule has 0 N–H and O–H groups in total. The monoisotopic (exact) mass is 237 g/mol. The Kier molecular flexibility index (Phi) is 4.80. The molecule has 1 rings (SSSR count). The molecule has 1 aromatic carbocycles. The summed E-state index contributed by atoms with van der Waals surface area (Å²) < 4.78 is 4.86. The fourth-order valence-corrected chi connectivity index (χ4v) is 1.13. The fraction of sp³-hybridized carbons (Fsp3) is 0.273. The van der Waals surface area contributed by atoms with Crippen molar-refractivity contribution in [1.29, 1.82) is 0 Å². The number of non-ortho nitro benzene ring substituents is 1. The molecule has 0 aliphatic rings. The second kappa shape index (κ2) is 6.37. The van der Waals surface area contributed by atoms with Gasteiger partial charge in [-0.2, -0.15) is 0 Å². The molecular formula is C11H11NO5. The number of nitrogens with zero attached hydrogens (tertiary/aromatic N) is 1. The number of carbonyl (C=O) groups excluding carboxylic acids is 2. The molecule has 0 unspecified atom stereocenters. The molecule has 0 amide bonds. The zero-order valence-electron chi connectivity index (χ0n) is 9.00. The van der Waals surface area contributed by atoms with E-state index in [1.54, 1.807) is 0 Å². The number of rotatable bonds is 6. The van der Waals surface area contributed by atoms with Gasteiger partial charge >= 0.3 is 5.97 Å². The predicted molar refractivity (Wildman–Crippen MR) is 58.2 cm³/mol. The first kappa shape index (κ1) is 12.8. The molecule has 0 saturated heterocycles. The van der Waals surface area contributed by atoms with Crippen molar-refractivity contribution in [1.82, 2.24) is 0 Å². The lowest BCUT2D eigenvalue weighted by molar-refractivity contribution is -0.384. The molecule has 0 aliphatic heterocycles. The maximum Gasteiger partial charge on any atom is 0.306 e. The molecule has 0 atom stereocenters. The molecule has 0 saturated carbocycles. The Balaban J connectivity index is 2.44. The van der Waals surface area contributed by atoms with E-state index in [9.17, 15) is 19.7 Å². The Hall–Kier alpha value is -2.24. The van der Waals surface area contributed by atoms with E-state index >= 15 is 0 Å². The van der Waals surface area contributed by atoms with Crippen LogP contribution in [0.25, 0.3) is 0 Å². The third kappa shape index (κ3) is 4.42. The van der Waals surface area contributed by atoms with Gasteiger partial charge < -0.3 is 9.53 Å². The summed E-state index contributed by atoms with van der Waals surface area (Å²) >= 11 is 0. The van der Waals surface area contributed by atoms with Crippen LogP contribution in [0.5, 0.6) is 0 Å². The van der Waals surface area contributed by atoms with Gasteiger partial charge in [0.2, 0.25) is 0 Å². The van der Waals surface area contributed by atoms with Gasteiger partial charge in [0.25, 0.3) is 5.69 Å². The van der Waals surface area contributed by atoms with Crippen LogP contribution in [-0.4, -0.2) is 17.2 Å². The van der Waals surface area contributed by atoms with Crippen LogP contribution in [0, 0.1) is 10.1 Å². The number of esters is 1. The van der Waals surface area contributed by atoms with Crippen molar-refractivity contribution in [2.24, 2.45) is 0 Å². The number of benzene rings is 1. The lowest BCUT2D eigenvalue weighted by Crippen LogP contribution is -2.04. The molecule has 0 aliphatic carbocycles. The van der Waals surface area contributed by atoms with Gasteiger partial charge in [-0.3, -0.25) is 14.9 Å². The Morgan fingerprint density at radius 3 is 2.53 bits per heavy atom. The minimum Gasteiger partial charge on any atom is -0.461 e. The Morgan fingerprint density at radius 2 is 2.00 bits per heavy atom. The molecule has 90 valence electrons. The smallest absolute Gasteiger partial charge is 0.306 e. The van der Waals surface area contributed by atoms with Crippen molar-refractivity contribution >= 4 is 17.9 Å². The van der Waals surface area contributed by atoms with Gasteiger partial charge in [-0.05, 0) is 17.7 Å². The van der Waals surface area contributed by atoms with E-state index in [4.69, 9.17) is 4.74 Å². The number of hydrogen-bond acceptors (Lipinski definition) is 5. The first-order valence-corrected chi connectivity index (χ1v) is 4.96. The highest BCUT2D eigenvalue weighted by Gasteiger charge is 2.06. The van der Waals surface area contributed by atoms with Crippen LogP contribution < -0.4 is 0 Å². The Labute approximate surface area is 97.3 Å². The normalized spacial score (nSPS) is 9.65. The van der Waals surface area contributed by atoms with Crippen molar-refractivity contribution in [3.63, 3.8) is 0 Å². The van der Waals surface area contributed by atoms with Crippen LogP contribution in [-0.2, 0) is 20.9 Å². The van der Waals surface area contributed by atoms with E-state index < -0.39 is 10.9 Å². The molecule has 0 fully saturated rings. The molecule has 0 radical (unpaired) electrons. The second-order valence-corrected chi connectivity index (χ2v) is 3.29. The van der Waals surface area contributed by atoms with Crippen LogP contribution in [0.3, 0.4) is 0 Å². The molecule has 0 spiro atoms. The summed E-state index contributed by atoms with van der Waals surface area (Å²) in [4.78, 5) is 31.0. The number of hydrogen-bond donors (Lipinski definition) is 0. The summed E-state index contributed by atoms with van der Waals surface area (Å²) in [5, 5.41) is 10.4. The van der Waals surface area contributed by atoms with Crippen LogP contribution in [0.15, 0.2) is 24.3 Å². The third-order valence-corrected chi connectivity index (χ3v) is 2.01. The largest absolute Gasteiger partial charge is 0.461 e. The molecule has 6 heteroatoms. The average molecular weight is 237 g/mol. The van der Waals surface area contributed by atoms with Crippen molar-refractivity contribution in [2.75, 3.05) is 0 Å². The summed E-state index contributed by atoms with van der Waals surface area (Å²) in [5.74, 6) is -0.463. The summed E-state index contributed by atoms with van der Waals surface area (Å²) in [5.41, 5.74) is 0.649. The summed E-state index contributed by atoms with van der Waals surface area (Å²) in [6, 6.07) is 5.72. The van der Waals surface area contributed by atoms with Gasteiger partial charge in [-0.25, -0.2) is 0 Å². The maximum atomic E-state index is 11.1. The quantitative estimate of drug-likeness (QED) is 0.324. The van der Waals surface area contributed by atoms with E-state index in [0.717, 1.165) is 0 Å². The topological polar surface area (TPSA) is 86.5 Å². The molecule has 0 bridgehead atoms. The molecule has 1 aromatic rings. The highest BCUT2D eigenvalue weighted by atomic mass is 16.6. The van der Waals surface area contributed by atoms with E-state index in [-0.39, 0.29) is 25.1 Å². The van der Waals surface area contributed by atoms with E-state index in [1.807, 2.05) is 0 Å². The van der Waals surface area contributed by atoms with E-state index in [2.05, 4.69) is 0 Å². The Bertz CT molecular complexity index is 412. The van der Waals surface area contributed by atoms with Crippen molar-refractivity contribution < 1.29 is 19.2 Å². The number of nitro benzene ring substituents is 1. The zero-order chi connectivity index (χ0) is 12.7. The molecule has 17 heavy (non-hydrogen) atoms. The van der Waals surface area contributed by atoms with E-state index in [1.165, 1.54) is 24.3 Å². The third-order valence-electron chi connectivity index (χ3n) is 2.01. The number of nitro groups is 1. The molecular weight excluding hydrogens is 226 g/mol. The van der Waals surface area contributed by atoms with Crippen molar-refractivity contribution in [2.45, 2.75) is 19.4 Å². The lowest BCUT2D eigenvalue weighted by Gasteiger charge is -2.03. The number of carbonyl (C=O) groups is 2. The number of aldehydes is 1. The predicted octanol–water partition coefficient (Wildman–Crippen LogP) is 1.62. The van der Waals surface area contributed by atoms with Gasteiger partial charge in [-0.15, -0.1) is 0 Å². The minimum atomic E-state index is -0.500. The first-order chi connectivity index (χ1) is 8.13.